The molecule has 1 aromatic rings. The van der Waals surface area contributed by atoms with Gasteiger partial charge >= 0.3 is 5.97 Å². The average Bonchev–Trinajstić information content (AvgIpc) is 2.33. The highest BCUT2D eigenvalue weighted by molar-refractivity contribution is 5.95. The van der Waals surface area contributed by atoms with E-state index < -0.39 is 5.97 Å². The van der Waals surface area contributed by atoms with Crippen LogP contribution >= 0.6 is 0 Å². The van der Waals surface area contributed by atoms with Gasteiger partial charge < -0.3 is 15.5 Å². The maximum Gasteiger partial charge on any atom is 0.303 e. The van der Waals surface area contributed by atoms with Crippen molar-refractivity contribution < 1.29 is 19.8 Å². The van der Waals surface area contributed by atoms with E-state index in [1.54, 1.807) is 13.0 Å². The second kappa shape index (κ2) is 6.78. The number of benzene rings is 1. The summed E-state index contributed by atoms with van der Waals surface area (Å²) in [7, 11) is 0. The number of carbonyl (C=O) groups excluding carboxylic acids is 1. The molecule has 1 amide bonds. The molecule has 0 aliphatic carbocycles. The third-order valence-corrected chi connectivity index (χ3v) is 3.05. The first-order chi connectivity index (χ1) is 8.93. The second-order valence-corrected chi connectivity index (χ2v) is 4.58. The quantitative estimate of drug-likeness (QED) is 0.733. The van der Waals surface area contributed by atoms with Gasteiger partial charge in [-0.2, -0.15) is 0 Å². The number of aryl methyl sites for hydroxylation is 1. The number of carbonyl (C=O) groups is 2. The Bertz CT molecular complexity index is 471. The third kappa shape index (κ3) is 4.62. The Hall–Kier alpha value is -2.04. The summed E-state index contributed by atoms with van der Waals surface area (Å²) in [6, 6.07) is 4.53. The molecule has 3 N–H and O–H groups in total. The molecule has 1 rings (SSSR count). The zero-order chi connectivity index (χ0) is 14.4. The molecule has 104 valence electrons. The second-order valence-electron chi connectivity index (χ2n) is 4.58. The van der Waals surface area contributed by atoms with E-state index in [0.717, 1.165) is 0 Å². The monoisotopic (exact) mass is 265 g/mol. The van der Waals surface area contributed by atoms with Gasteiger partial charge in [0, 0.05) is 18.5 Å². The molecular formula is C14H19NO4. The molecule has 0 heterocycles. The number of amides is 1. The van der Waals surface area contributed by atoms with Crippen LogP contribution in [0.5, 0.6) is 5.75 Å². The summed E-state index contributed by atoms with van der Waals surface area (Å²) >= 11 is 0. The van der Waals surface area contributed by atoms with Crippen LogP contribution in [0, 0.1) is 12.8 Å². The van der Waals surface area contributed by atoms with E-state index in [0.29, 0.717) is 24.1 Å². The smallest absolute Gasteiger partial charge is 0.303 e. The third-order valence-electron chi connectivity index (χ3n) is 3.05. The van der Waals surface area contributed by atoms with E-state index in [9.17, 15) is 14.7 Å². The summed E-state index contributed by atoms with van der Waals surface area (Å²) in [5.41, 5.74) is 1.17. The van der Waals surface area contributed by atoms with Gasteiger partial charge in [0.1, 0.15) is 5.75 Å². The summed E-state index contributed by atoms with van der Waals surface area (Å²) in [5, 5.41) is 20.7. The van der Waals surface area contributed by atoms with Crippen LogP contribution in [0.4, 0.5) is 0 Å². The van der Waals surface area contributed by atoms with Crippen LogP contribution in [0.3, 0.4) is 0 Å². The van der Waals surface area contributed by atoms with Gasteiger partial charge in [-0.25, -0.2) is 0 Å². The fourth-order valence-electron chi connectivity index (χ4n) is 1.84. The van der Waals surface area contributed by atoms with Gasteiger partial charge in [-0.3, -0.25) is 9.59 Å². The van der Waals surface area contributed by atoms with Gasteiger partial charge in [-0.1, -0.05) is 13.3 Å². The minimum absolute atomic E-state index is 0.0470. The summed E-state index contributed by atoms with van der Waals surface area (Å²) in [6.45, 7) is 3.97. The molecule has 0 fully saturated rings. The molecule has 0 saturated heterocycles. The number of aliphatic carboxylic acids is 1. The molecule has 0 aliphatic heterocycles. The molecule has 1 unspecified atom stereocenters. The van der Waals surface area contributed by atoms with Gasteiger partial charge in [0.05, 0.1) is 0 Å². The van der Waals surface area contributed by atoms with Crippen molar-refractivity contribution in [3.05, 3.63) is 29.3 Å². The van der Waals surface area contributed by atoms with Crippen molar-refractivity contribution in [2.24, 2.45) is 5.92 Å². The van der Waals surface area contributed by atoms with E-state index in [2.05, 4.69) is 5.32 Å². The molecule has 0 spiro atoms. The summed E-state index contributed by atoms with van der Waals surface area (Å²) < 4.78 is 0. The molecule has 1 atom stereocenters. The van der Waals surface area contributed by atoms with Crippen molar-refractivity contribution in [1.82, 2.24) is 5.32 Å². The lowest BCUT2D eigenvalue weighted by atomic mass is 10.0. The number of phenols is 1. The van der Waals surface area contributed by atoms with Gasteiger partial charge in [0.15, 0.2) is 0 Å². The zero-order valence-corrected chi connectivity index (χ0v) is 11.1. The number of carboxylic acids is 1. The fraction of sp³-hybridized carbons (Fsp3) is 0.429. The first kappa shape index (κ1) is 15.0. The van der Waals surface area contributed by atoms with Crippen molar-refractivity contribution >= 4 is 11.9 Å². The fourth-order valence-corrected chi connectivity index (χ4v) is 1.84. The van der Waals surface area contributed by atoms with E-state index in [-0.39, 0.29) is 24.0 Å². The summed E-state index contributed by atoms with van der Waals surface area (Å²) in [5.74, 6) is -1.06. The van der Waals surface area contributed by atoms with Crippen molar-refractivity contribution in [3.63, 3.8) is 0 Å². The van der Waals surface area contributed by atoms with Crippen LogP contribution in [-0.4, -0.2) is 28.6 Å². The van der Waals surface area contributed by atoms with E-state index in [4.69, 9.17) is 5.11 Å². The Labute approximate surface area is 112 Å². The number of phenolic OH excluding ortho intramolecular Hbond substituents is 1. The summed E-state index contributed by atoms with van der Waals surface area (Å²) in [6.07, 6.45) is 0.743. The Kier molecular flexibility index (Phi) is 5.36. The highest BCUT2D eigenvalue weighted by Crippen LogP contribution is 2.15. The lowest BCUT2D eigenvalue weighted by Crippen LogP contribution is -2.30. The molecule has 0 aliphatic rings. The average molecular weight is 265 g/mol. The number of aromatic hydroxyl groups is 1. The minimum atomic E-state index is -0.859. The molecular weight excluding hydrogens is 246 g/mol. The Morgan fingerprint density at radius 2 is 2.05 bits per heavy atom. The molecule has 0 bridgehead atoms. The molecule has 0 aromatic heterocycles. The normalized spacial score (nSPS) is 11.9. The largest absolute Gasteiger partial charge is 0.508 e. The minimum Gasteiger partial charge on any atom is -0.508 e. The van der Waals surface area contributed by atoms with Crippen molar-refractivity contribution in [2.75, 3.05) is 6.54 Å². The maximum atomic E-state index is 11.9. The van der Waals surface area contributed by atoms with E-state index in [1.165, 1.54) is 12.1 Å². The van der Waals surface area contributed by atoms with Gasteiger partial charge in [0.25, 0.3) is 5.91 Å². The maximum absolute atomic E-state index is 11.9. The molecule has 5 nitrogen and oxygen atoms in total. The highest BCUT2D eigenvalue weighted by atomic mass is 16.4. The molecule has 1 aromatic carbocycles. The van der Waals surface area contributed by atoms with Crippen molar-refractivity contribution in [1.29, 1.82) is 0 Å². The van der Waals surface area contributed by atoms with Crippen molar-refractivity contribution in [3.8, 4) is 5.75 Å². The van der Waals surface area contributed by atoms with Crippen LogP contribution in [-0.2, 0) is 4.79 Å². The number of rotatable bonds is 6. The van der Waals surface area contributed by atoms with Gasteiger partial charge in [-0.15, -0.1) is 0 Å². The Morgan fingerprint density at radius 3 is 2.58 bits per heavy atom. The van der Waals surface area contributed by atoms with Crippen molar-refractivity contribution in [2.45, 2.75) is 26.7 Å². The summed E-state index contributed by atoms with van der Waals surface area (Å²) in [4.78, 5) is 22.6. The number of carboxylic acid groups (broad SMARTS) is 1. The predicted molar refractivity (Wildman–Crippen MR) is 71.2 cm³/mol. The number of hydrogen-bond donors (Lipinski definition) is 3. The standard InChI is InChI=1S/C14H19NO4/c1-3-10(7-13(17)18)8-15-14(19)12-5-4-11(16)6-9(12)2/h4-6,10,16H,3,7-8H2,1-2H3,(H,15,19)(H,17,18). The van der Waals surface area contributed by atoms with Gasteiger partial charge in [-0.05, 0) is 36.6 Å². The van der Waals surface area contributed by atoms with Crippen LogP contribution < -0.4 is 5.32 Å². The van der Waals surface area contributed by atoms with Crippen LogP contribution in [0.2, 0.25) is 0 Å². The topological polar surface area (TPSA) is 86.6 Å². The molecule has 0 saturated carbocycles. The molecule has 0 radical (unpaired) electrons. The van der Waals surface area contributed by atoms with Crippen LogP contribution in [0.25, 0.3) is 0 Å². The highest BCUT2D eigenvalue weighted by Gasteiger charge is 2.14. The van der Waals surface area contributed by atoms with Gasteiger partial charge in [0.2, 0.25) is 0 Å². The lowest BCUT2D eigenvalue weighted by molar-refractivity contribution is -0.138. The first-order valence-electron chi connectivity index (χ1n) is 6.23. The number of hydrogen-bond acceptors (Lipinski definition) is 3. The van der Waals surface area contributed by atoms with Crippen LogP contribution in [0.1, 0.15) is 35.7 Å². The first-order valence-corrected chi connectivity index (χ1v) is 6.23. The Balaban J connectivity index is 2.61. The SMILES string of the molecule is CCC(CNC(=O)c1ccc(O)cc1C)CC(=O)O. The lowest BCUT2D eigenvalue weighted by Gasteiger charge is -2.14. The van der Waals surface area contributed by atoms with Crippen LogP contribution in [0.15, 0.2) is 18.2 Å². The van der Waals surface area contributed by atoms with E-state index in [1.807, 2.05) is 6.92 Å². The van der Waals surface area contributed by atoms with E-state index >= 15 is 0 Å². The number of nitrogens with one attached hydrogen (secondary N) is 1. The molecule has 19 heavy (non-hydrogen) atoms. The molecule has 5 heteroatoms. The Morgan fingerprint density at radius 1 is 1.37 bits per heavy atom. The zero-order valence-electron chi connectivity index (χ0n) is 11.1. The predicted octanol–water partition coefficient (Wildman–Crippen LogP) is 1.93.